The second kappa shape index (κ2) is 10.1. The fourth-order valence-electron chi connectivity index (χ4n) is 3.00. The third-order valence-electron chi connectivity index (χ3n) is 4.83. The predicted octanol–water partition coefficient (Wildman–Crippen LogP) is 3.28. The second-order valence-electron chi connectivity index (χ2n) is 7.31. The summed E-state index contributed by atoms with van der Waals surface area (Å²) in [4.78, 5) is 33.3. The van der Waals surface area contributed by atoms with Gasteiger partial charge in [-0.3, -0.25) is 35.8 Å². The van der Waals surface area contributed by atoms with Gasteiger partial charge in [0.25, 0.3) is 11.4 Å². The van der Waals surface area contributed by atoms with Crippen molar-refractivity contribution in [2.45, 2.75) is 6.54 Å². The molecule has 34 heavy (non-hydrogen) atoms. The fraction of sp³-hybridized carbons (Fsp3) is 0.143. The van der Waals surface area contributed by atoms with Crippen molar-refractivity contribution in [2.24, 2.45) is 5.10 Å². The molecule has 0 bridgehead atoms. The molecule has 0 radical (unpaired) electrons. The van der Waals surface area contributed by atoms with Gasteiger partial charge < -0.3 is 4.90 Å². The zero-order valence-electron chi connectivity index (χ0n) is 18.2. The smallest absolute Gasteiger partial charge is 0.301 e. The minimum absolute atomic E-state index is 0.0389. The Morgan fingerprint density at radius 2 is 1.47 bits per heavy atom. The molecule has 3 aromatic rings. The van der Waals surface area contributed by atoms with Gasteiger partial charge in [-0.2, -0.15) is 9.67 Å². The van der Waals surface area contributed by atoms with Crippen molar-refractivity contribution in [2.75, 3.05) is 24.4 Å². The normalized spacial score (nSPS) is 11.1. The lowest BCUT2D eigenvalue weighted by Gasteiger charge is -2.11. The highest BCUT2D eigenvalue weighted by atomic mass is 16.6. The maximum Gasteiger partial charge on any atom is 0.301 e. The van der Waals surface area contributed by atoms with E-state index in [1.54, 1.807) is 0 Å². The van der Waals surface area contributed by atoms with Crippen molar-refractivity contribution >= 4 is 34.1 Å². The molecule has 0 saturated carbocycles. The van der Waals surface area contributed by atoms with Crippen molar-refractivity contribution in [1.82, 2.24) is 0 Å². The first kappa shape index (κ1) is 23.7. The fourth-order valence-corrected chi connectivity index (χ4v) is 3.00. The molecule has 1 heterocycles. The summed E-state index contributed by atoms with van der Waals surface area (Å²) in [5.74, 6) is 0. The van der Waals surface area contributed by atoms with E-state index in [1.807, 2.05) is 48.1 Å². The number of nitro benzene ring substituents is 3. The predicted molar refractivity (Wildman–Crippen MR) is 124 cm³/mol. The molecule has 13 heteroatoms. The van der Waals surface area contributed by atoms with E-state index >= 15 is 0 Å². The first-order chi connectivity index (χ1) is 16.2. The van der Waals surface area contributed by atoms with Gasteiger partial charge >= 0.3 is 5.69 Å². The molecule has 3 rings (SSSR count). The number of nitrogens with zero attached hydrogens (tertiary/aromatic N) is 6. The van der Waals surface area contributed by atoms with Crippen molar-refractivity contribution in [3.8, 4) is 0 Å². The van der Waals surface area contributed by atoms with Crippen LogP contribution in [0.3, 0.4) is 0 Å². The number of nitro groups is 3. The number of anilines is 2. The molecular formula is C21H20N7O6+. The molecule has 0 aliphatic heterocycles. The molecule has 0 unspecified atom stereocenters. The summed E-state index contributed by atoms with van der Waals surface area (Å²) in [6.45, 7) is 0.235. The standard InChI is InChI=1S/C21H20N7O6/c1-24(2)16-9-11-25(12-10-16)14-20(15-3-5-17(6-4-15)26(29)30)23-22-19-8-7-18(27(31)32)13-21(19)28(33)34/h3-13,22H,14H2,1-2H3/q+1/b23-20-. The number of non-ortho nitro benzene ring substituents is 2. The van der Waals surface area contributed by atoms with Gasteiger partial charge in [-0.1, -0.05) is 0 Å². The van der Waals surface area contributed by atoms with Crippen LogP contribution in [0.1, 0.15) is 5.56 Å². The average molecular weight is 466 g/mol. The zero-order chi connectivity index (χ0) is 24.8. The largest absolute Gasteiger partial charge is 0.377 e. The number of hydrogen-bond acceptors (Lipinski definition) is 9. The maximum atomic E-state index is 11.4. The Hall–Kier alpha value is -4.94. The minimum Gasteiger partial charge on any atom is -0.377 e. The Kier molecular flexibility index (Phi) is 7.06. The minimum atomic E-state index is -0.745. The molecule has 0 aliphatic carbocycles. The monoisotopic (exact) mass is 466 g/mol. The van der Waals surface area contributed by atoms with E-state index < -0.39 is 26.1 Å². The van der Waals surface area contributed by atoms with Crippen LogP contribution in [0.15, 0.2) is 72.1 Å². The number of hydrazone groups is 1. The van der Waals surface area contributed by atoms with Crippen LogP contribution in [0.25, 0.3) is 0 Å². The van der Waals surface area contributed by atoms with E-state index in [0.717, 1.165) is 17.8 Å². The van der Waals surface area contributed by atoms with E-state index in [4.69, 9.17) is 0 Å². The summed E-state index contributed by atoms with van der Waals surface area (Å²) in [5.41, 5.74) is 3.50. The average Bonchev–Trinajstić information content (AvgIpc) is 2.81. The van der Waals surface area contributed by atoms with E-state index in [2.05, 4.69) is 10.5 Å². The Morgan fingerprint density at radius 3 is 2.00 bits per heavy atom. The van der Waals surface area contributed by atoms with Crippen LogP contribution in [0.4, 0.5) is 28.4 Å². The summed E-state index contributed by atoms with van der Waals surface area (Å²) in [7, 11) is 3.81. The number of benzene rings is 2. The highest BCUT2D eigenvalue weighted by Gasteiger charge is 2.20. The Labute approximate surface area is 193 Å². The third kappa shape index (κ3) is 5.64. The molecule has 2 aromatic carbocycles. The van der Waals surface area contributed by atoms with Crippen molar-refractivity contribution < 1.29 is 19.3 Å². The number of hydrogen-bond donors (Lipinski definition) is 1. The quantitative estimate of drug-likeness (QED) is 0.217. The molecule has 174 valence electrons. The topological polar surface area (TPSA) is 161 Å². The van der Waals surface area contributed by atoms with Gasteiger partial charge in [0.2, 0.25) is 0 Å². The van der Waals surface area contributed by atoms with E-state index in [9.17, 15) is 30.3 Å². The van der Waals surface area contributed by atoms with Crippen LogP contribution in [0, 0.1) is 30.3 Å². The van der Waals surface area contributed by atoms with Crippen LogP contribution >= 0.6 is 0 Å². The summed E-state index contributed by atoms with van der Waals surface area (Å²) in [5, 5.41) is 37.7. The number of rotatable bonds is 9. The molecule has 1 N–H and O–H groups in total. The lowest BCUT2D eigenvalue weighted by molar-refractivity contribution is -0.681. The third-order valence-corrected chi connectivity index (χ3v) is 4.83. The summed E-state index contributed by atoms with van der Waals surface area (Å²) >= 11 is 0. The molecule has 0 fully saturated rings. The Balaban J connectivity index is 1.98. The molecule has 0 spiro atoms. The van der Waals surface area contributed by atoms with Gasteiger partial charge in [0, 0.05) is 55.7 Å². The molecule has 0 atom stereocenters. The molecule has 0 amide bonds. The zero-order valence-corrected chi connectivity index (χ0v) is 18.2. The number of nitrogens with one attached hydrogen (secondary N) is 1. The number of pyridine rings is 1. The SMILES string of the molecule is CN(C)c1cc[n+](C/C(=N/Nc2ccc([N+](=O)[O-])cc2[N+](=O)[O-])c2ccc([N+](=O)[O-])cc2)cc1. The van der Waals surface area contributed by atoms with Crippen molar-refractivity contribution in [1.29, 1.82) is 0 Å². The van der Waals surface area contributed by atoms with Gasteiger partial charge in [-0.05, 0) is 18.2 Å². The lowest BCUT2D eigenvalue weighted by Crippen LogP contribution is -2.38. The van der Waals surface area contributed by atoms with Gasteiger partial charge in [0.15, 0.2) is 18.9 Å². The van der Waals surface area contributed by atoms with Crippen LogP contribution in [0.2, 0.25) is 0 Å². The van der Waals surface area contributed by atoms with E-state index in [1.165, 1.54) is 30.3 Å². The maximum absolute atomic E-state index is 11.4. The Bertz CT molecular complexity index is 1260. The number of aromatic nitrogens is 1. The molecule has 13 nitrogen and oxygen atoms in total. The molecule has 0 aliphatic rings. The molecular weight excluding hydrogens is 446 g/mol. The summed E-state index contributed by atoms with van der Waals surface area (Å²) in [6, 6.07) is 12.7. The molecule has 0 saturated heterocycles. The second-order valence-corrected chi connectivity index (χ2v) is 7.31. The van der Waals surface area contributed by atoms with Crippen LogP contribution in [-0.2, 0) is 6.54 Å². The Morgan fingerprint density at radius 1 is 0.882 bits per heavy atom. The first-order valence-corrected chi connectivity index (χ1v) is 9.82. The highest BCUT2D eigenvalue weighted by Crippen LogP contribution is 2.29. The van der Waals surface area contributed by atoms with Crippen LogP contribution < -0.4 is 14.9 Å². The van der Waals surface area contributed by atoms with Gasteiger partial charge in [-0.25, -0.2) is 0 Å². The van der Waals surface area contributed by atoms with Gasteiger partial charge in [-0.15, -0.1) is 0 Å². The van der Waals surface area contributed by atoms with Gasteiger partial charge in [0.05, 0.1) is 20.8 Å². The summed E-state index contributed by atoms with van der Waals surface area (Å²) in [6.07, 6.45) is 3.65. The van der Waals surface area contributed by atoms with E-state index in [0.29, 0.717) is 11.3 Å². The van der Waals surface area contributed by atoms with Crippen LogP contribution in [-0.4, -0.2) is 34.6 Å². The van der Waals surface area contributed by atoms with Gasteiger partial charge in [0.1, 0.15) is 11.4 Å². The van der Waals surface area contributed by atoms with E-state index in [-0.39, 0.29) is 17.9 Å². The summed E-state index contributed by atoms with van der Waals surface area (Å²) < 4.78 is 1.82. The lowest BCUT2D eigenvalue weighted by atomic mass is 10.1. The van der Waals surface area contributed by atoms with Crippen molar-refractivity contribution in [3.05, 3.63) is 103 Å². The highest BCUT2D eigenvalue weighted by molar-refractivity contribution is 6.00. The van der Waals surface area contributed by atoms with Crippen molar-refractivity contribution in [3.63, 3.8) is 0 Å². The molecule has 1 aromatic heterocycles. The first-order valence-electron chi connectivity index (χ1n) is 9.82. The van der Waals surface area contributed by atoms with Crippen LogP contribution in [0.5, 0.6) is 0 Å².